The molecule has 2 N–H and O–H groups in total. The average molecular weight is 355 g/mol. The second-order valence-electron chi connectivity index (χ2n) is 5.95. The van der Waals surface area contributed by atoms with Crippen molar-refractivity contribution in [2.75, 3.05) is 20.7 Å². The smallest absolute Gasteiger partial charge is 0.119 e. The van der Waals surface area contributed by atoms with E-state index in [1.807, 2.05) is 6.07 Å². The van der Waals surface area contributed by atoms with Crippen molar-refractivity contribution < 1.29 is 4.74 Å². The summed E-state index contributed by atoms with van der Waals surface area (Å²) in [5, 5.41) is 0. The monoisotopic (exact) mass is 354 g/mol. The van der Waals surface area contributed by atoms with Gasteiger partial charge in [0.1, 0.15) is 5.75 Å². The number of hydrogen-bond acceptors (Lipinski definition) is 3. The molecule has 1 saturated carbocycles. The van der Waals surface area contributed by atoms with Gasteiger partial charge in [-0.15, -0.1) is 0 Å². The number of nitrogens with zero attached hydrogens (tertiary/aromatic N) is 1. The van der Waals surface area contributed by atoms with Crippen molar-refractivity contribution in [3.05, 3.63) is 28.2 Å². The first-order chi connectivity index (χ1) is 10.2. The summed E-state index contributed by atoms with van der Waals surface area (Å²) in [6.07, 6.45) is 8.00. The van der Waals surface area contributed by atoms with Crippen LogP contribution in [0.3, 0.4) is 0 Å². The van der Waals surface area contributed by atoms with Gasteiger partial charge >= 0.3 is 0 Å². The molecule has 4 heteroatoms. The molecule has 0 radical (unpaired) electrons. The van der Waals surface area contributed by atoms with Crippen LogP contribution in [0.5, 0.6) is 5.75 Å². The molecule has 1 unspecified atom stereocenters. The van der Waals surface area contributed by atoms with Gasteiger partial charge in [-0.2, -0.15) is 0 Å². The molecule has 0 spiro atoms. The molecule has 3 nitrogen and oxygen atoms in total. The second kappa shape index (κ2) is 8.16. The van der Waals surface area contributed by atoms with Gasteiger partial charge in [0.25, 0.3) is 0 Å². The maximum absolute atomic E-state index is 6.11. The van der Waals surface area contributed by atoms with E-state index in [1.165, 1.54) is 44.1 Å². The third-order valence-electron chi connectivity index (χ3n) is 4.68. The zero-order valence-corrected chi connectivity index (χ0v) is 14.7. The Morgan fingerprint density at radius 3 is 2.52 bits per heavy atom. The molecule has 1 aromatic rings. The van der Waals surface area contributed by atoms with Crippen LogP contribution in [0.1, 0.15) is 50.1 Å². The molecule has 0 aromatic heterocycles. The lowest BCUT2D eigenvalue weighted by molar-refractivity contribution is 0.160. The van der Waals surface area contributed by atoms with Gasteiger partial charge in [-0.25, -0.2) is 0 Å². The standard InChI is InChI=1S/C17H27BrN2O/c1-20(13-7-5-3-4-6-8-13)17(12-19)15-11-14(21-2)9-10-16(15)18/h9-11,13,17H,3-8,12,19H2,1-2H3. The van der Waals surface area contributed by atoms with E-state index >= 15 is 0 Å². The third-order valence-corrected chi connectivity index (χ3v) is 5.40. The van der Waals surface area contributed by atoms with Crippen LogP contribution in [0, 0.1) is 0 Å². The van der Waals surface area contributed by atoms with Crippen LogP contribution >= 0.6 is 15.9 Å². The van der Waals surface area contributed by atoms with Gasteiger partial charge < -0.3 is 10.5 Å². The SMILES string of the molecule is COc1ccc(Br)c(C(CN)N(C)C2CCCCCC2)c1. The van der Waals surface area contributed by atoms with Gasteiger partial charge in [0, 0.05) is 23.1 Å². The lowest BCUT2D eigenvalue weighted by Gasteiger charge is -2.35. The summed E-state index contributed by atoms with van der Waals surface area (Å²) >= 11 is 3.67. The number of benzene rings is 1. The van der Waals surface area contributed by atoms with Crippen molar-refractivity contribution in [1.29, 1.82) is 0 Å². The minimum Gasteiger partial charge on any atom is -0.497 e. The number of rotatable bonds is 5. The predicted molar refractivity (Wildman–Crippen MR) is 91.7 cm³/mol. The molecular weight excluding hydrogens is 328 g/mol. The molecule has 21 heavy (non-hydrogen) atoms. The van der Waals surface area contributed by atoms with Gasteiger partial charge in [0.15, 0.2) is 0 Å². The number of methoxy groups -OCH3 is 1. The first kappa shape index (κ1) is 16.8. The fourth-order valence-corrected chi connectivity index (χ4v) is 3.85. The van der Waals surface area contributed by atoms with Crippen LogP contribution in [0.4, 0.5) is 0 Å². The molecule has 0 amide bonds. The van der Waals surface area contributed by atoms with E-state index in [0.717, 1.165) is 10.2 Å². The van der Waals surface area contributed by atoms with E-state index in [-0.39, 0.29) is 6.04 Å². The van der Waals surface area contributed by atoms with Crippen LogP contribution in [-0.4, -0.2) is 31.6 Å². The summed E-state index contributed by atoms with van der Waals surface area (Å²) in [6, 6.07) is 7.01. The zero-order chi connectivity index (χ0) is 15.2. The summed E-state index contributed by atoms with van der Waals surface area (Å²) in [6.45, 7) is 0.624. The normalized spacial score (nSPS) is 18.5. The molecule has 1 fully saturated rings. The molecule has 1 aliphatic rings. The van der Waals surface area contributed by atoms with Crippen molar-refractivity contribution >= 4 is 15.9 Å². The molecule has 1 atom stereocenters. The lowest BCUT2D eigenvalue weighted by atomic mass is 10.0. The highest BCUT2D eigenvalue weighted by Crippen LogP contribution is 2.33. The van der Waals surface area contributed by atoms with E-state index in [1.54, 1.807) is 7.11 Å². The molecular formula is C17H27BrN2O. The van der Waals surface area contributed by atoms with Gasteiger partial charge in [-0.05, 0) is 43.7 Å². The fourth-order valence-electron chi connectivity index (χ4n) is 3.34. The Morgan fingerprint density at radius 1 is 1.29 bits per heavy atom. The topological polar surface area (TPSA) is 38.5 Å². The third kappa shape index (κ3) is 4.21. The van der Waals surface area contributed by atoms with E-state index in [9.17, 15) is 0 Å². The molecule has 2 rings (SSSR count). The number of ether oxygens (including phenoxy) is 1. The highest BCUT2D eigenvalue weighted by atomic mass is 79.9. The van der Waals surface area contributed by atoms with Crippen molar-refractivity contribution in [1.82, 2.24) is 4.90 Å². The van der Waals surface area contributed by atoms with E-state index in [2.05, 4.69) is 40.0 Å². The summed E-state index contributed by atoms with van der Waals surface area (Å²) in [7, 11) is 3.93. The van der Waals surface area contributed by atoms with Crippen LogP contribution in [0.25, 0.3) is 0 Å². The fraction of sp³-hybridized carbons (Fsp3) is 0.647. The van der Waals surface area contributed by atoms with Gasteiger partial charge in [0.05, 0.1) is 7.11 Å². The Labute approximate surface area is 137 Å². The van der Waals surface area contributed by atoms with Crippen LogP contribution < -0.4 is 10.5 Å². The van der Waals surface area contributed by atoms with Crippen LogP contribution in [0.15, 0.2) is 22.7 Å². The molecule has 1 aromatic carbocycles. The molecule has 0 heterocycles. The molecule has 0 saturated heterocycles. The van der Waals surface area contributed by atoms with Crippen molar-refractivity contribution in [3.8, 4) is 5.75 Å². The summed E-state index contributed by atoms with van der Waals surface area (Å²) in [4.78, 5) is 2.48. The first-order valence-corrected chi connectivity index (χ1v) is 8.72. The summed E-state index contributed by atoms with van der Waals surface area (Å²) in [5.74, 6) is 0.890. The quantitative estimate of drug-likeness (QED) is 0.808. The van der Waals surface area contributed by atoms with Gasteiger partial charge in [0.2, 0.25) is 0 Å². The van der Waals surface area contributed by atoms with E-state index in [0.29, 0.717) is 12.6 Å². The highest BCUT2D eigenvalue weighted by molar-refractivity contribution is 9.10. The minimum atomic E-state index is 0.234. The van der Waals surface area contributed by atoms with Crippen LogP contribution in [-0.2, 0) is 0 Å². The van der Waals surface area contributed by atoms with Gasteiger partial charge in [-0.3, -0.25) is 4.90 Å². The van der Waals surface area contributed by atoms with E-state index in [4.69, 9.17) is 10.5 Å². The maximum Gasteiger partial charge on any atom is 0.119 e. The van der Waals surface area contributed by atoms with Crippen molar-refractivity contribution in [2.45, 2.75) is 50.6 Å². The van der Waals surface area contributed by atoms with E-state index < -0.39 is 0 Å². The highest BCUT2D eigenvalue weighted by Gasteiger charge is 2.25. The first-order valence-electron chi connectivity index (χ1n) is 7.92. The Balaban J connectivity index is 2.21. The number of nitrogens with two attached hydrogens (primary N) is 1. The van der Waals surface area contributed by atoms with Crippen molar-refractivity contribution in [2.24, 2.45) is 5.73 Å². The van der Waals surface area contributed by atoms with Crippen molar-refractivity contribution in [3.63, 3.8) is 0 Å². The average Bonchev–Trinajstić information content (AvgIpc) is 2.78. The second-order valence-corrected chi connectivity index (χ2v) is 6.80. The lowest BCUT2D eigenvalue weighted by Crippen LogP contribution is -2.38. The number of hydrogen-bond donors (Lipinski definition) is 1. The Morgan fingerprint density at radius 2 is 1.95 bits per heavy atom. The minimum absolute atomic E-state index is 0.234. The van der Waals surface area contributed by atoms with Crippen LogP contribution in [0.2, 0.25) is 0 Å². The molecule has 0 bridgehead atoms. The summed E-state index contributed by atoms with van der Waals surface area (Å²) < 4.78 is 6.48. The zero-order valence-electron chi connectivity index (χ0n) is 13.1. The summed E-state index contributed by atoms with van der Waals surface area (Å²) in [5.41, 5.74) is 7.33. The number of likely N-dealkylation sites (N-methyl/N-ethyl adjacent to an activating group) is 1. The molecule has 1 aliphatic carbocycles. The Kier molecular flexibility index (Phi) is 6.52. The molecule has 118 valence electrons. The largest absolute Gasteiger partial charge is 0.497 e. The Bertz CT molecular complexity index is 444. The van der Waals surface area contributed by atoms with Gasteiger partial charge in [-0.1, -0.05) is 41.6 Å². The Hall–Kier alpha value is -0.580. The predicted octanol–water partition coefficient (Wildman–Crippen LogP) is 4.11. The maximum atomic E-state index is 6.11. The number of halogens is 1. The molecule has 0 aliphatic heterocycles.